The van der Waals surface area contributed by atoms with Crippen LogP contribution in [0.5, 0.6) is 0 Å². The van der Waals surface area contributed by atoms with Crippen molar-refractivity contribution in [2.45, 2.75) is 32.8 Å². The minimum atomic E-state index is -0.428. The highest BCUT2D eigenvalue weighted by Crippen LogP contribution is 2.18. The molecule has 0 aromatic heterocycles. The molecule has 3 N–H and O–H groups in total. The smallest absolute Gasteiger partial charge is 0.314 e. The van der Waals surface area contributed by atoms with E-state index in [0.29, 0.717) is 36.5 Å². The zero-order chi connectivity index (χ0) is 15.8. The molecule has 0 aliphatic heterocycles. The Kier molecular flexibility index (Phi) is 7.47. The van der Waals surface area contributed by atoms with Crippen molar-refractivity contribution in [3.8, 4) is 0 Å². The van der Waals surface area contributed by atoms with Crippen LogP contribution in [0, 0.1) is 11.7 Å². The first-order valence-corrected chi connectivity index (χ1v) is 7.42. The van der Waals surface area contributed by atoms with Crippen molar-refractivity contribution in [2.24, 2.45) is 5.92 Å². The molecule has 2 amide bonds. The Morgan fingerprint density at radius 1 is 1.33 bits per heavy atom. The third-order valence-electron chi connectivity index (χ3n) is 3.22. The molecule has 21 heavy (non-hydrogen) atoms. The summed E-state index contributed by atoms with van der Waals surface area (Å²) in [5, 5.41) is 15.2. The maximum atomic E-state index is 13.5. The van der Waals surface area contributed by atoms with E-state index in [1.807, 2.05) is 13.8 Å². The first kappa shape index (κ1) is 17.7. The fraction of sp³-hybridized carbons (Fsp3) is 0.533. The van der Waals surface area contributed by atoms with Gasteiger partial charge in [-0.05, 0) is 30.9 Å². The van der Waals surface area contributed by atoms with Crippen molar-refractivity contribution in [3.63, 3.8) is 0 Å². The van der Waals surface area contributed by atoms with Crippen LogP contribution in [-0.4, -0.2) is 30.3 Å². The predicted octanol–water partition coefficient (Wildman–Crippen LogP) is 2.73. The van der Waals surface area contributed by atoms with Crippen LogP contribution in [0.4, 0.5) is 9.18 Å². The van der Waals surface area contributed by atoms with Gasteiger partial charge in [0.15, 0.2) is 0 Å². The second kappa shape index (κ2) is 8.85. The molecule has 1 atom stereocenters. The number of benzene rings is 1. The van der Waals surface area contributed by atoms with Gasteiger partial charge in [0.1, 0.15) is 5.82 Å². The third kappa shape index (κ3) is 6.31. The molecule has 0 spiro atoms. The SMILES string of the molecule is CC(C)C(O)CCNC(=O)NCCc1c(F)cccc1Cl. The lowest BCUT2D eigenvalue weighted by Crippen LogP contribution is -2.38. The number of rotatable bonds is 7. The van der Waals surface area contributed by atoms with E-state index in [1.165, 1.54) is 6.07 Å². The van der Waals surface area contributed by atoms with Crippen LogP contribution in [0.2, 0.25) is 5.02 Å². The Labute approximate surface area is 129 Å². The van der Waals surface area contributed by atoms with Crippen molar-refractivity contribution in [1.29, 1.82) is 0 Å². The van der Waals surface area contributed by atoms with E-state index < -0.39 is 6.10 Å². The van der Waals surface area contributed by atoms with Gasteiger partial charge >= 0.3 is 6.03 Å². The number of halogens is 2. The largest absolute Gasteiger partial charge is 0.393 e. The van der Waals surface area contributed by atoms with Gasteiger partial charge in [0.25, 0.3) is 0 Å². The van der Waals surface area contributed by atoms with Crippen molar-refractivity contribution >= 4 is 17.6 Å². The lowest BCUT2D eigenvalue weighted by molar-refractivity contribution is 0.116. The minimum absolute atomic E-state index is 0.165. The van der Waals surface area contributed by atoms with Gasteiger partial charge in [-0.2, -0.15) is 0 Å². The highest BCUT2D eigenvalue weighted by atomic mass is 35.5. The average molecular weight is 317 g/mol. The number of carbonyl (C=O) groups excluding carboxylic acids is 1. The van der Waals surface area contributed by atoms with Gasteiger partial charge in [-0.25, -0.2) is 9.18 Å². The van der Waals surface area contributed by atoms with E-state index in [9.17, 15) is 14.3 Å². The van der Waals surface area contributed by atoms with Gasteiger partial charge in [-0.1, -0.05) is 31.5 Å². The number of hydrogen-bond acceptors (Lipinski definition) is 2. The molecule has 1 rings (SSSR count). The average Bonchev–Trinajstić information content (AvgIpc) is 2.41. The van der Waals surface area contributed by atoms with Crippen LogP contribution >= 0.6 is 11.6 Å². The van der Waals surface area contributed by atoms with Gasteiger partial charge in [0, 0.05) is 23.7 Å². The van der Waals surface area contributed by atoms with E-state index in [-0.39, 0.29) is 17.8 Å². The number of aliphatic hydroxyl groups excluding tert-OH is 1. The highest BCUT2D eigenvalue weighted by molar-refractivity contribution is 6.31. The number of hydrogen-bond donors (Lipinski definition) is 3. The van der Waals surface area contributed by atoms with E-state index in [2.05, 4.69) is 10.6 Å². The molecule has 0 saturated heterocycles. The molecule has 1 aromatic carbocycles. The van der Waals surface area contributed by atoms with Gasteiger partial charge in [-0.15, -0.1) is 0 Å². The summed E-state index contributed by atoms with van der Waals surface area (Å²) in [5.41, 5.74) is 0.398. The molecule has 0 saturated carbocycles. The van der Waals surface area contributed by atoms with Crippen LogP contribution in [0.1, 0.15) is 25.8 Å². The summed E-state index contributed by atoms with van der Waals surface area (Å²) in [7, 11) is 0. The molecular weight excluding hydrogens is 295 g/mol. The fourth-order valence-corrected chi connectivity index (χ4v) is 2.06. The van der Waals surface area contributed by atoms with Crippen LogP contribution in [-0.2, 0) is 6.42 Å². The number of carbonyl (C=O) groups is 1. The third-order valence-corrected chi connectivity index (χ3v) is 3.57. The molecule has 0 fully saturated rings. The fourth-order valence-electron chi connectivity index (χ4n) is 1.80. The topological polar surface area (TPSA) is 61.4 Å². The number of aliphatic hydroxyl groups is 1. The first-order chi connectivity index (χ1) is 9.91. The maximum absolute atomic E-state index is 13.5. The number of amides is 2. The molecule has 0 aliphatic rings. The summed E-state index contributed by atoms with van der Waals surface area (Å²) in [5.74, 6) is -0.206. The number of urea groups is 1. The standard InChI is InChI=1S/C15H22ClFN2O2/c1-10(2)14(20)7-9-19-15(21)18-8-6-11-12(16)4-3-5-13(11)17/h3-5,10,14,20H,6-9H2,1-2H3,(H2,18,19,21). The van der Waals surface area contributed by atoms with Crippen molar-refractivity contribution in [2.75, 3.05) is 13.1 Å². The lowest BCUT2D eigenvalue weighted by Gasteiger charge is -2.14. The second-order valence-electron chi connectivity index (χ2n) is 5.23. The van der Waals surface area contributed by atoms with Crippen molar-refractivity contribution < 1.29 is 14.3 Å². The Bertz CT molecular complexity index is 449. The minimum Gasteiger partial charge on any atom is -0.393 e. The molecule has 6 heteroatoms. The summed E-state index contributed by atoms with van der Waals surface area (Å²) < 4.78 is 13.5. The first-order valence-electron chi connectivity index (χ1n) is 7.04. The zero-order valence-corrected chi connectivity index (χ0v) is 13.1. The molecule has 118 valence electrons. The maximum Gasteiger partial charge on any atom is 0.314 e. The van der Waals surface area contributed by atoms with Gasteiger partial charge in [0.2, 0.25) is 0 Å². The zero-order valence-electron chi connectivity index (χ0n) is 12.3. The van der Waals surface area contributed by atoms with Crippen LogP contribution in [0.3, 0.4) is 0 Å². The molecule has 0 heterocycles. The molecule has 0 bridgehead atoms. The molecule has 4 nitrogen and oxygen atoms in total. The number of nitrogens with one attached hydrogen (secondary N) is 2. The van der Waals surface area contributed by atoms with E-state index >= 15 is 0 Å². The molecule has 0 aliphatic carbocycles. The Morgan fingerprint density at radius 2 is 2.00 bits per heavy atom. The lowest BCUT2D eigenvalue weighted by atomic mass is 10.0. The molecule has 1 unspecified atom stereocenters. The van der Waals surface area contributed by atoms with Gasteiger partial charge in [0.05, 0.1) is 6.10 Å². The van der Waals surface area contributed by atoms with Gasteiger partial charge in [-0.3, -0.25) is 0 Å². The van der Waals surface area contributed by atoms with Crippen molar-refractivity contribution in [3.05, 3.63) is 34.6 Å². The summed E-state index contributed by atoms with van der Waals surface area (Å²) in [4.78, 5) is 11.5. The monoisotopic (exact) mass is 316 g/mol. The van der Waals surface area contributed by atoms with Crippen molar-refractivity contribution in [1.82, 2.24) is 10.6 Å². The summed E-state index contributed by atoms with van der Waals surface area (Å²) in [6, 6.07) is 4.17. The van der Waals surface area contributed by atoms with E-state index in [1.54, 1.807) is 12.1 Å². The quantitative estimate of drug-likeness (QED) is 0.724. The Morgan fingerprint density at radius 3 is 2.62 bits per heavy atom. The Balaban J connectivity index is 2.25. The predicted molar refractivity (Wildman–Crippen MR) is 82.0 cm³/mol. The van der Waals surface area contributed by atoms with E-state index in [4.69, 9.17) is 11.6 Å². The van der Waals surface area contributed by atoms with Crippen LogP contribution in [0.15, 0.2) is 18.2 Å². The van der Waals surface area contributed by atoms with E-state index in [0.717, 1.165) is 0 Å². The normalized spacial score (nSPS) is 12.3. The second-order valence-corrected chi connectivity index (χ2v) is 5.64. The van der Waals surface area contributed by atoms with Crippen LogP contribution in [0.25, 0.3) is 0 Å². The summed E-state index contributed by atoms with van der Waals surface area (Å²) in [6.07, 6.45) is 0.403. The Hall–Kier alpha value is -1.33. The highest BCUT2D eigenvalue weighted by Gasteiger charge is 2.10. The summed E-state index contributed by atoms with van der Waals surface area (Å²) >= 11 is 5.90. The molecule has 1 aromatic rings. The van der Waals surface area contributed by atoms with Crippen LogP contribution < -0.4 is 10.6 Å². The molecular formula is C15H22ClFN2O2. The molecule has 0 radical (unpaired) electrons. The summed E-state index contributed by atoms with van der Waals surface area (Å²) in [6.45, 7) is 4.52. The van der Waals surface area contributed by atoms with Gasteiger partial charge < -0.3 is 15.7 Å².